The average molecular weight is 462 g/mol. The summed E-state index contributed by atoms with van der Waals surface area (Å²) in [6.45, 7) is 5.81. The van der Waals surface area contributed by atoms with Crippen molar-refractivity contribution in [3.8, 4) is 0 Å². The number of hydrogen-bond acceptors (Lipinski definition) is 5. The van der Waals surface area contributed by atoms with E-state index in [1.165, 1.54) is 5.69 Å². The minimum absolute atomic E-state index is 0.149. The Morgan fingerprint density at radius 3 is 2.45 bits per heavy atom. The number of carbonyl (C=O) groups excluding carboxylic acids is 1. The van der Waals surface area contributed by atoms with Crippen molar-refractivity contribution < 1.29 is 9.21 Å². The molecule has 0 amide bonds. The number of rotatable bonds is 5. The highest BCUT2D eigenvalue weighted by Crippen LogP contribution is 2.24. The molecule has 1 aliphatic heterocycles. The first-order valence-corrected chi connectivity index (χ1v) is 11.3. The topological polar surface area (TPSA) is 58.7 Å². The van der Waals surface area contributed by atoms with Crippen LogP contribution < -0.4 is 10.7 Å². The van der Waals surface area contributed by atoms with E-state index in [0.717, 1.165) is 31.7 Å². The molecule has 0 spiro atoms. The average Bonchev–Trinajstić information content (AvgIpc) is 3.13. The molecule has 168 valence electrons. The summed E-state index contributed by atoms with van der Waals surface area (Å²) in [7, 11) is 0. The summed E-state index contributed by atoms with van der Waals surface area (Å²) < 4.78 is 7.18. The van der Waals surface area contributed by atoms with E-state index in [1.807, 2.05) is 31.2 Å². The molecule has 1 aromatic heterocycles. The molecule has 2 heterocycles. The highest BCUT2D eigenvalue weighted by molar-refractivity contribution is 6.31. The molecule has 4 aromatic rings. The summed E-state index contributed by atoms with van der Waals surface area (Å²) in [5.41, 5.74) is 4.13. The fourth-order valence-corrected chi connectivity index (χ4v) is 4.55. The zero-order chi connectivity index (χ0) is 22.9. The molecular weight excluding hydrogens is 438 g/mol. The van der Waals surface area contributed by atoms with Gasteiger partial charge >= 0.3 is 5.76 Å². The molecule has 0 aliphatic carbocycles. The monoisotopic (exact) mass is 461 g/mol. The van der Waals surface area contributed by atoms with Crippen LogP contribution in [0.2, 0.25) is 5.02 Å². The minimum atomic E-state index is -0.415. The number of aromatic nitrogens is 1. The van der Waals surface area contributed by atoms with Gasteiger partial charge in [0.2, 0.25) is 0 Å². The first-order chi connectivity index (χ1) is 16.0. The van der Waals surface area contributed by atoms with Crippen molar-refractivity contribution in [2.75, 3.05) is 31.1 Å². The molecule has 0 atom stereocenters. The number of benzene rings is 3. The van der Waals surface area contributed by atoms with Crippen LogP contribution in [-0.4, -0.2) is 41.4 Å². The third kappa shape index (κ3) is 4.32. The smallest absolute Gasteiger partial charge is 0.408 e. The number of para-hydroxylation sites is 1. The molecule has 3 aromatic carbocycles. The number of oxazole rings is 1. The van der Waals surface area contributed by atoms with Crippen molar-refractivity contribution in [2.24, 2.45) is 0 Å². The Hall–Kier alpha value is -3.35. The number of piperazine rings is 1. The minimum Gasteiger partial charge on any atom is -0.408 e. The quantitative estimate of drug-likeness (QED) is 0.407. The lowest BCUT2D eigenvalue weighted by Crippen LogP contribution is -2.47. The Balaban J connectivity index is 1.37. The second-order valence-electron chi connectivity index (χ2n) is 8.35. The van der Waals surface area contributed by atoms with Gasteiger partial charge in [-0.2, -0.15) is 0 Å². The van der Waals surface area contributed by atoms with Gasteiger partial charge in [-0.05, 0) is 48.9 Å². The zero-order valence-electron chi connectivity index (χ0n) is 18.3. The van der Waals surface area contributed by atoms with Crippen LogP contribution in [-0.2, 0) is 6.67 Å². The second-order valence-corrected chi connectivity index (χ2v) is 8.79. The normalized spacial score (nSPS) is 14.7. The highest BCUT2D eigenvalue weighted by atomic mass is 35.5. The third-order valence-electron chi connectivity index (χ3n) is 6.18. The third-order valence-corrected chi connectivity index (χ3v) is 6.42. The maximum Gasteiger partial charge on any atom is 0.421 e. The number of ketones is 1. The van der Waals surface area contributed by atoms with Crippen LogP contribution in [0.1, 0.15) is 21.5 Å². The molecule has 0 radical (unpaired) electrons. The van der Waals surface area contributed by atoms with Gasteiger partial charge in [-0.3, -0.25) is 14.3 Å². The molecule has 0 saturated carbocycles. The van der Waals surface area contributed by atoms with Crippen molar-refractivity contribution >= 4 is 34.2 Å². The first kappa shape index (κ1) is 21.5. The van der Waals surface area contributed by atoms with E-state index < -0.39 is 5.76 Å². The molecule has 33 heavy (non-hydrogen) atoms. The summed E-state index contributed by atoms with van der Waals surface area (Å²) in [5.74, 6) is -0.563. The molecular formula is C26H24ClN3O3. The van der Waals surface area contributed by atoms with Crippen molar-refractivity contribution in [1.82, 2.24) is 9.47 Å². The van der Waals surface area contributed by atoms with Crippen LogP contribution in [0.3, 0.4) is 0 Å². The van der Waals surface area contributed by atoms with Crippen LogP contribution >= 0.6 is 11.6 Å². The van der Waals surface area contributed by atoms with Crippen LogP contribution in [0.4, 0.5) is 5.69 Å². The Morgan fingerprint density at radius 1 is 0.970 bits per heavy atom. The van der Waals surface area contributed by atoms with E-state index in [-0.39, 0.29) is 5.78 Å². The summed E-state index contributed by atoms with van der Waals surface area (Å²) in [6, 6.07) is 20.7. The van der Waals surface area contributed by atoms with Crippen LogP contribution in [0.25, 0.3) is 11.1 Å². The van der Waals surface area contributed by atoms with Gasteiger partial charge in [0.05, 0.1) is 12.2 Å². The highest BCUT2D eigenvalue weighted by Gasteiger charge is 2.21. The van der Waals surface area contributed by atoms with Crippen molar-refractivity contribution in [2.45, 2.75) is 13.6 Å². The van der Waals surface area contributed by atoms with Crippen LogP contribution in [0, 0.1) is 6.92 Å². The zero-order valence-corrected chi connectivity index (χ0v) is 19.1. The van der Waals surface area contributed by atoms with Crippen molar-refractivity contribution in [3.63, 3.8) is 0 Å². The van der Waals surface area contributed by atoms with E-state index in [9.17, 15) is 9.59 Å². The molecule has 1 saturated heterocycles. The lowest BCUT2D eigenvalue weighted by atomic mass is 9.98. The van der Waals surface area contributed by atoms with Gasteiger partial charge in [0.15, 0.2) is 11.4 Å². The van der Waals surface area contributed by atoms with Gasteiger partial charge < -0.3 is 9.32 Å². The number of carbonyl (C=O) groups is 1. The van der Waals surface area contributed by atoms with E-state index in [0.29, 0.717) is 33.9 Å². The number of halogens is 1. The number of fused-ring (bicyclic) bond motifs is 1. The number of hydrogen-bond donors (Lipinski definition) is 0. The maximum absolute atomic E-state index is 13.0. The predicted octanol–water partition coefficient (Wildman–Crippen LogP) is 4.57. The van der Waals surface area contributed by atoms with Gasteiger partial charge in [-0.1, -0.05) is 41.9 Å². The lowest BCUT2D eigenvalue weighted by Gasteiger charge is -2.36. The SMILES string of the molecule is Cc1cc2c(cc1C(=O)c1cccc(Cl)c1)oc(=O)n2CN1CCN(c2ccccc2)CC1. The summed E-state index contributed by atoms with van der Waals surface area (Å²) in [4.78, 5) is 30.3. The number of anilines is 1. The molecule has 0 unspecified atom stereocenters. The first-order valence-electron chi connectivity index (χ1n) is 11.0. The van der Waals surface area contributed by atoms with E-state index in [4.69, 9.17) is 16.0 Å². The van der Waals surface area contributed by atoms with E-state index >= 15 is 0 Å². The van der Waals surface area contributed by atoms with E-state index in [2.05, 4.69) is 21.9 Å². The summed E-state index contributed by atoms with van der Waals surface area (Å²) >= 11 is 6.05. The molecule has 0 bridgehead atoms. The standard InChI is InChI=1S/C26H24ClN3O3/c1-18-14-23-24(16-22(18)25(31)19-6-5-7-20(27)15-19)33-26(32)30(23)17-28-10-12-29(13-11-28)21-8-3-2-4-9-21/h2-9,14-16H,10-13,17H2,1H3. The van der Waals surface area contributed by atoms with Gasteiger partial charge in [-0.25, -0.2) is 4.79 Å². The number of aryl methyl sites for hydroxylation is 1. The molecule has 1 aliphatic rings. The molecule has 0 N–H and O–H groups in total. The summed E-state index contributed by atoms with van der Waals surface area (Å²) in [6.07, 6.45) is 0. The largest absolute Gasteiger partial charge is 0.421 e. The van der Waals surface area contributed by atoms with Crippen LogP contribution in [0.5, 0.6) is 0 Å². The van der Waals surface area contributed by atoms with Gasteiger partial charge in [-0.15, -0.1) is 0 Å². The van der Waals surface area contributed by atoms with Gasteiger partial charge in [0.25, 0.3) is 0 Å². The predicted molar refractivity (Wildman–Crippen MR) is 130 cm³/mol. The van der Waals surface area contributed by atoms with Gasteiger partial charge in [0, 0.05) is 48.0 Å². The maximum atomic E-state index is 13.0. The Kier molecular flexibility index (Phi) is 5.79. The Labute approximate surface area is 196 Å². The molecule has 1 fully saturated rings. The van der Waals surface area contributed by atoms with Gasteiger partial charge in [0.1, 0.15) is 0 Å². The Bertz CT molecular complexity index is 1370. The Morgan fingerprint density at radius 2 is 1.73 bits per heavy atom. The van der Waals surface area contributed by atoms with Crippen molar-refractivity contribution in [3.05, 3.63) is 99.0 Å². The fraction of sp³-hybridized carbons (Fsp3) is 0.231. The van der Waals surface area contributed by atoms with E-state index in [1.54, 1.807) is 34.9 Å². The van der Waals surface area contributed by atoms with Crippen LogP contribution in [0.15, 0.2) is 75.9 Å². The number of nitrogens with zero attached hydrogens (tertiary/aromatic N) is 3. The fourth-order valence-electron chi connectivity index (χ4n) is 4.36. The van der Waals surface area contributed by atoms with Crippen molar-refractivity contribution in [1.29, 1.82) is 0 Å². The summed E-state index contributed by atoms with van der Waals surface area (Å²) in [5, 5.41) is 0.504. The molecule has 5 rings (SSSR count). The second kappa shape index (κ2) is 8.89. The molecule has 7 heteroatoms. The molecule has 6 nitrogen and oxygen atoms in total. The lowest BCUT2D eigenvalue weighted by molar-refractivity contribution is 0.103.